The Kier molecular flexibility index (Phi) is 4.18. The third-order valence-corrected chi connectivity index (χ3v) is 4.03. The lowest BCUT2D eigenvalue weighted by Crippen LogP contribution is -2.39. The smallest absolute Gasteiger partial charge is 0.338 e. The molecule has 19 heavy (non-hydrogen) atoms. The van der Waals surface area contributed by atoms with Crippen molar-refractivity contribution in [3.05, 3.63) is 35.9 Å². The zero-order valence-corrected chi connectivity index (χ0v) is 11.3. The van der Waals surface area contributed by atoms with Gasteiger partial charge in [-0.2, -0.15) is 4.31 Å². The maximum absolute atomic E-state index is 11.7. The fraction of sp³-hybridized carbons (Fsp3) is 0.417. The minimum Gasteiger partial charge on any atom is -0.460 e. The van der Waals surface area contributed by atoms with E-state index in [0.717, 1.165) is 6.26 Å². The van der Waals surface area contributed by atoms with Crippen LogP contribution in [0.25, 0.3) is 0 Å². The molecule has 2 rings (SSSR count). The zero-order valence-electron chi connectivity index (χ0n) is 10.5. The molecule has 0 aliphatic carbocycles. The Balaban J connectivity index is 1.94. The van der Waals surface area contributed by atoms with Gasteiger partial charge in [0.25, 0.3) is 0 Å². The molecule has 104 valence electrons. The number of benzene rings is 1. The van der Waals surface area contributed by atoms with Crippen molar-refractivity contribution in [2.75, 3.05) is 26.2 Å². The third kappa shape index (κ3) is 3.52. The van der Waals surface area contributed by atoms with E-state index in [1.54, 1.807) is 30.3 Å². The fourth-order valence-electron chi connectivity index (χ4n) is 1.79. The number of ether oxygens (including phenoxy) is 2. The first-order chi connectivity index (χ1) is 8.98. The Morgan fingerprint density at radius 3 is 2.74 bits per heavy atom. The summed E-state index contributed by atoms with van der Waals surface area (Å²) >= 11 is 0. The predicted molar refractivity (Wildman–Crippen MR) is 68.0 cm³/mol. The van der Waals surface area contributed by atoms with Crippen molar-refractivity contribution in [1.29, 1.82) is 0 Å². The number of carbonyl (C=O) groups is 1. The van der Waals surface area contributed by atoms with Crippen molar-refractivity contribution < 1.29 is 22.7 Å². The van der Waals surface area contributed by atoms with Crippen molar-refractivity contribution >= 4 is 16.0 Å². The zero-order chi connectivity index (χ0) is 13.9. The van der Waals surface area contributed by atoms with Gasteiger partial charge in [-0.05, 0) is 12.1 Å². The van der Waals surface area contributed by atoms with Crippen LogP contribution >= 0.6 is 0 Å². The van der Waals surface area contributed by atoms with Gasteiger partial charge >= 0.3 is 5.97 Å². The summed E-state index contributed by atoms with van der Waals surface area (Å²) < 4.78 is 34.3. The monoisotopic (exact) mass is 285 g/mol. The lowest BCUT2D eigenvalue weighted by atomic mass is 10.2. The van der Waals surface area contributed by atoms with E-state index in [4.69, 9.17) is 9.47 Å². The normalized spacial score (nSPS) is 20.4. The van der Waals surface area contributed by atoms with Gasteiger partial charge in [-0.3, -0.25) is 0 Å². The molecule has 0 N–H and O–H groups in total. The lowest BCUT2D eigenvalue weighted by molar-refractivity contribution is 0.0445. The standard InChI is InChI=1S/C12H15NO5S/c1-19(15,16)13-9-17-7-11(13)8-18-12(14)10-5-3-2-4-6-10/h2-6,11H,7-9H2,1H3. The maximum atomic E-state index is 11.7. The molecule has 0 radical (unpaired) electrons. The van der Waals surface area contributed by atoms with Crippen LogP contribution in [0, 0.1) is 0 Å². The Morgan fingerprint density at radius 2 is 2.11 bits per heavy atom. The van der Waals surface area contributed by atoms with Crippen molar-refractivity contribution in [1.82, 2.24) is 4.31 Å². The summed E-state index contributed by atoms with van der Waals surface area (Å²) in [6.07, 6.45) is 1.10. The molecule has 1 aliphatic rings. The second-order valence-corrected chi connectivity index (χ2v) is 6.20. The summed E-state index contributed by atoms with van der Waals surface area (Å²) in [5.41, 5.74) is 0.437. The van der Waals surface area contributed by atoms with E-state index >= 15 is 0 Å². The SMILES string of the molecule is CS(=O)(=O)N1COCC1COC(=O)c1ccccc1. The van der Waals surface area contributed by atoms with E-state index in [1.807, 2.05) is 0 Å². The number of rotatable bonds is 4. The molecule has 0 spiro atoms. The molecule has 1 atom stereocenters. The van der Waals surface area contributed by atoms with Gasteiger partial charge in [-0.15, -0.1) is 0 Å². The Labute approximate surface area is 112 Å². The molecule has 6 nitrogen and oxygen atoms in total. The van der Waals surface area contributed by atoms with Crippen LogP contribution in [0.3, 0.4) is 0 Å². The van der Waals surface area contributed by atoms with Gasteiger partial charge < -0.3 is 9.47 Å². The van der Waals surface area contributed by atoms with Crippen LogP contribution in [-0.2, 0) is 19.5 Å². The van der Waals surface area contributed by atoms with E-state index < -0.39 is 22.0 Å². The molecule has 1 aromatic rings. The fourth-order valence-corrected chi connectivity index (χ4v) is 2.72. The highest BCUT2D eigenvalue weighted by atomic mass is 32.2. The van der Waals surface area contributed by atoms with Crippen LogP contribution in [-0.4, -0.2) is 50.9 Å². The second kappa shape index (κ2) is 5.68. The first-order valence-electron chi connectivity index (χ1n) is 5.75. The molecule has 1 heterocycles. The lowest BCUT2D eigenvalue weighted by Gasteiger charge is -2.19. The van der Waals surface area contributed by atoms with Crippen LogP contribution < -0.4 is 0 Å². The average molecular weight is 285 g/mol. The number of nitrogens with zero attached hydrogens (tertiary/aromatic N) is 1. The second-order valence-electron chi connectivity index (χ2n) is 4.27. The summed E-state index contributed by atoms with van der Waals surface area (Å²) in [4.78, 5) is 11.7. The van der Waals surface area contributed by atoms with Crippen LogP contribution in [0.15, 0.2) is 30.3 Å². The van der Waals surface area contributed by atoms with Crippen LogP contribution in [0.4, 0.5) is 0 Å². The van der Waals surface area contributed by atoms with Gasteiger partial charge in [0.2, 0.25) is 10.0 Å². The van der Waals surface area contributed by atoms with Crippen molar-refractivity contribution in [2.24, 2.45) is 0 Å². The average Bonchev–Trinajstić information content (AvgIpc) is 2.85. The molecular weight excluding hydrogens is 270 g/mol. The largest absolute Gasteiger partial charge is 0.460 e. The number of hydrogen-bond acceptors (Lipinski definition) is 5. The molecule has 1 fully saturated rings. The molecule has 0 bridgehead atoms. The number of esters is 1. The van der Waals surface area contributed by atoms with Crippen molar-refractivity contribution in [2.45, 2.75) is 6.04 Å². The topological polar surface area (TPSA) is 72.9 Å². The Bertz CT molecular complexity index is 542. The molecule has 1 aromatic carbocycles. The quantitative estimate of drug-likeness (QED) is 0.752. The molecular formula is C12H15NO5S. The summed E-state index contributed by atoms with van der Waals surface area (Å²) in [6, 6.07) is 8.09. The first-order valence-corrected chi connectivity index (χ1v) is 7.60. The number of carbonyl (C=O) groups excluding carboxylic acids is 1. The van der Waals surface area contributed by atoms with Gasteiger partial charge in [0.05, 0.1) is 24.5 Å². The van der Waals surface area contributed by atoms with Crippen molar-refractivity contribution in [3.8, 4) is 0 Å². The van der Waals surface area contributed by atoms with Gasteiger partial charge in [-0.25, -0.2) is 13.2 Å². The minimum atomic E-state index is -3.35. The molecule has 1 unspecified atom stereocenters. The molecule has 0 saturated carbocycles. The van der Waals surface area contributed by atoms with Crippen LogP contribution in [0.2, 0.25) is 0 Å². The van der Waals surface area contributed by atoms with E-state index in [0.29, 0.717) is 5.56 Å². The van der Waals surface area contributed by atoms with E-state index in [9.17, 15) is 13.2 Å². The van der Waals surface area contributed by atoms with Crippen molar-refractivity contribution in [3.63, 3.8) is 0 Å². The van der Waals surface area contributed by atoms with Crippen LogP contribution in [0.1, 0.15) is 10.4 Å². The Hall–Kier alpha value is -1.44. The van der Waals surface area contributed by atoms with Gasteiger partial charge in [-0.1, -0.05) is 18.2 Å². The van der Waals surface area contributed by atoms with Crippen LogP contribution in [0.5, 0.6) is 0 Å². The van der Waals surface area contributed by atoms with Gasteiger partial charge in [0.1, 0.15) is 13.3 Å². The predicted octanol–water partition coefficient (Wildman–Crippen LogP) is 0.461. The molecule has 7 heteroatoms. The summed E-state index contributed by atoms with van der Waals surface area (Å²) in [5.74, 6) is -0.471. The van der Waals surface area contributed by atoms with E-state index in [2.05, 4.69) is 0 Å². The number of sulfonamides is 1. The van der Waals surface area contributed by atoms with Gasteiger partial charge in [0.15, 0.2) is 0 Å². The molecule has 0 aromatic heterocycles. The summed E-state index contributed by atoms with van der Waals surface area (Å²) in [7, 11) is -3.35. The van der Waals surface area contributed by atoms with Gasteiger partial charge in [0, 0.05) is 0 Å². The first kappa shape index (κ1) is 14.0. The molecule has 1 saturated heterocycles. The molecule has 0 amide bonds. The highest BCUT2D eigenvalue weighted by Gasteiger charge is 2.33. The Morgan fingerprint density at radius 1 is 1.42 bits per heavy atom. The summed E-state index contributed by atoms with van der Waals surface area (Å²) in [6.45, 7) is 0.225. The number of hydrogen-bond donors (Lipinski definition) is 0. The van der Waals surface area contributed by atoms with E-state index in [1.165, 1.54) is 4.31 Å². The highest BCUT2D eigenvalue weighted by Crippen LogP contribution is 2.14. The minimum absolute atomic E-state index is 0.00634. The highest BCUT2D eigenvalue weighted by molar-refractivity contribution is 7.88. The van der Waals surface area contributed by atoms with E-state index in [-0.39, 0.29) is 19.9 Å². The molecule has 1 aliphatic heterocycles. The summed E-state index contributed by atoms with van der Waals surface area (Å²) in [5, 5.41) is 0. The third-order valence-electron chi connectivity index (χ3n) is 2.78. The maximum Gasteiger partial charge on any atom is 0.338 e.